The highest BCUT2D eigenvalue weighted by Gasteiger charge is 2.53. The highest BCUT2D eigenvalue weighted by molar-refractivity contribution is 9.10. The number of halogens is 5. The predicted octanol–water partition coefficient (Wildman–Crippen LogP) is 5.05. The third kappa shape index (κ3) is 3.56. The van der Waals surface area contributed by atoms with Gasteiger partial charge in [0.2, 0.25) is 5.60 Å². The summed E-state index contributed by atoms with van der Waals surface area (Å²) in [4.78, 5) is 0. The maximum atomic E-state index is 13.3. The molecule has 116 valence electrons. The van der Waals surface area contributed by atoms with Crippen LogP contribution in [0.5, 0.6) is 0 Å². The van der Waals surface area contributed by atoms with Crippen LogP contribution in [0.4, 0.5) is 17.6 Å². The molecule has 0 bridgehead atoms. The average molecular weight is 375 g/mol. The summed E-state index contributed by atoms with van der Waals surface area (Å²) in [5.41, 5.74) is -3.08. The number of hydrogen-bond acceptors (Lipinski definition) is 1. The molecule has 6 heteroatoms. The van der Waals surface area contributed by atoms with Crippen LogP contribution in [0.15, 0.2) is 59.1 Å². The van der Waals surface area contributed by atoms with Crippen molar-refractivity contribution >= 4 is 22.0 Å². The number of aliphatic hydroxyl groups is 1. The number of alkyl halides is 3. The van der Waals surface area contributed by atoms with Crippen molar-refractivity contribution < 1.29 is 22.7 Å². The van der Waals surface area contributed by atoms with Gasteiger partial charge in [-0.3, -0.25) is 0 Å². The topological polar surface area (TPSA) is 20.2 Å². The normalized spacial score (nSPS) is 15.0. The van der Waals surface area contributed by atoms with Crippen LogP contribution in [0.3, 0.4) is 0 Å². The van der Waals surface area contributed by atoms with Crippen LogP contribution in [0.1, 0.15) is 11.1 Å². The molecule has 0 aliphatic heterocycles. The minimum absolute atomic E-state index is 0.304. The lowest BCUT2D eigenvalue weighted by atomic mass is 9.92. The zero-order valence-electron chi connectivity index (χ0n) is 11.1. The van der Waals surface area contributed by atoms with E-state index >= 15 is 0 Å². The van der Waals surface area contributed by atoms with Crippen LogP contribution in [-0.2, 0) is 5.60 Å². The van der Waals surface area contributed by atoms with Gasteiger partial charge in [0.1, 0.15) is 5.82 Å². The first-order valence-electron chi connectivity index (χ1n) is 6.22. The summed E-state index contributed by atoms with van der Waals surface area (Å²) in [6, 6.07) is 10.1. The molecule has 0 spiro atoms. The summed E-state index contributed by atoms with van der Waals surface area (Å²) in [7, 11) is 0. The molecule has 1 N–H and O–H groups in total. The molecule has 0 aromatic heterocycles. The van der Waals surface area contributed by atoms with Crippen molar-refractivity contribution in [1.29, 1.82) is 0 Å². The summed E-state index contributed by atoms with van der Waals surface area (Å²) in [6.45, 7) is 0. The molecule has 22 heavy (non-hydrogen) atoms. The van der Waals surface area contributed by atoms with Gasteiger partial charge in [-0.2, -0.15) is 13.2 Å². The Bertz CT molecular complexity index is 662. The Kier molecular flexibility index (Phi) is 4.72. The second kappa shape index (κ2) is 6.22. The molecule has 2 aromatic rings. The van der Waals surface area contributed by atoms with E-state index in [1.807, 2.05) is 0 Å². The van der Waals surface area contributed by atoms with Gasteiger partial charge in [-0.1, -0.05) is 46.3 Å². The van der Waals surface area contributed by atoms with E-state index in [2.05, 4.69) is 15.9 Å². The maximum Gasteiger partial charge on any atom is 0.425 e. The monoisotopic (exact) mass is 374 g/mol. The molecule has 1 atom stereocenters. The van der Waals surface area contributed by atoms with Crippen LogP contribution in [0, 0.1) is 5.82 Å². The molecule has 0 saturated heterocycles. The second-order valence-electron chi connectivity index (χ2n) is 4.66. The van der Waals surface area contributed by atoms with Gasteiger partial charge in [-0.25, -0.2) is 4.39 Å². The Labute approximate surface area is 133 Å². The second-order valence-corrected chi connectivity index (χ2v) is 5.57. The van der Waals surface area contributed by atoms with E-state index in [9.17, 15) is 22.7 Å². The minimum Gasteiger partial charge on any atom is -0.373 e. The van der Waals surface area contributed by atoms with Gasteiger partial charge in [0.05, 0.1) is 0 Å². The average Bonchev–Trinajstić information content (AvgIpc) is 2.46. The molecule has 2 rings (SSSR count). The first-order chi connectivity index (χ1) is 10.2. The summed E-state index contributed by atoms with van der Waals surface area (Å²) in [5.74, 6) is -0.490. The summed E-state index contributed by atoms with van der Waals surface area (Å²) in [5, 5.41) is 10.1. The van der Waals surface area contributed by atoms with Crippen LogP contribution in [0.2, 0.25) is 0 Å². The van der Waals surface area contributed by atoms with Crippen LogP contribution >= 0.6 is 15.9 Å². The van der Waals surface area contributed by atoms with Crippen molar-refractivity contribution in [3.05, 3.63) is 76.0 Å². The van der Waals surface area contributed by atoms with Crippen molar-refractivity contribution in [1.82, 2.24) is 0 Å². The molecule has 2 aromatic carbocycles. The molecule has 0 fully saturated rings. The molecule has 0 heterocycles. The number of benzene rings is 2. The van der Waals surface area contributed by atoms with E-state index in [0.29, 0.717) is 16.1 Å². The van der Waals surface area contributed by atoms with E-state index in [0.717, 1.165) is 18.2 Å². The zero-order chi connectivity index (χ0) is 16.4. The SMILES string of the molecule is OC(C=Cc1ccc(F)cc1)(c1ccc(Br)cc1)C(F)(F)F. The Balaban J connectivity index is 2.42. The minimum atomic E-state index is -4.89. The molecular weight excluding hydrogens is 364 g/mol. The van der Waals surface area contributed by atoms with Gasteiger partial charge in [0.25, 0.3) is 0 Å². The highest BCUT2D eigenvalue weighted by Crippen LogP contribution is 2.40. The molecule has 0 aliphatic carbocycles. The smallest absolute Gasteiger partial charge is 0.373 e. The van der Waals surface area contributed by atoms with Gasteiger partial charge >= 0.3 is 6.18 Å². The van der Waals surface area contributed by atoms with Crippen LogP contribution in [-0.4, -0.2) is 11.3 Å². The van der Waals surface area contributed by atoms with Gasteiger partial charge in [-0.05, 0) is 41.5 Å². The highest BCUT2D eigenvalue weighted by atomic mass is 79.9. The van der Waals surface area contributed by atoms with Gasteiger partial charge in [0.15, 0.2) is 0 Å². The fraction of sp³-hybridized carbons (Fsp3) is 0.125. The molecular formula is C16H11BrF4O. The number of rotatable bonds is 3. The molecule has 1 nitrogen and oxygen atoms in total. The lowest BCUT2D eigenvalue weighted by Gasteiger charge is -2.28. The third-order valence-corrected chi connectivity index (χ3v) is 3.63. The Morgan fingerprint density at radius 1 is 0.909 bits per heavy atom. The third-order valence-electron chi connectivity index (χ3n) is 3.10. The molecule has 0 aliphatic rings. The summed E-state index contributed by atoms with van der Waals surface area (Å²) >= 11 is 3.13. The fourth-order valence-electron chi connectivity index (χ4n) is 1.85. The van der Waals surface area contributed by atoms with Gasteiger partial charge < -0.3 is 5.11 Å². The predicted molar refractivity (Wildman–Crippen MR) is 79.5 cm³/mol. The van der Waals surface area contributed by atoms with Crippen molar-refractivity contribution in [2.75, 3.05) is 0 Å². The van der Waals surface area contributed by atoms with E-state index in [4.69, 9.17) is 0 Å². The van der Waals surface area contributed by atoms with Gasteiger partial charge in [-0.15, -0.1) is 0 Å². The fourth-order valence-corrected chi connectivity index (χ4v) is 2.11. The van der Waals surface area contributed by atoms with E-state index in [-0.39, 0.29) is 5.56 Å². The first-order valence-corrected chi connectivity index (χ1v) is 7.01. The summed E-state index contributed by atoms with van der Waals surface area (Å²) < 4.78 is 53.2. The van der Waals surface area contributed by atoms with Gasteiger partial charge in [0, 0.05) is 4.47 Å². The molecule has 0 saturated carbocycles. The van der Waals surface area contributed by atoms with Crippen molar-refractivity contribution in [3.8, 4) is 0 Å². The van der Waals surface area contributed by atoms with Crippen molar-refractivity contribution in [2.45, 2.75) is 11.8 Å². The molecule has 1 unspecified atom stereocenters. The van der Waals surface area contributed by atoms with E-state index in [1.54, 1.807) is 0 Å². The molecule has 0 amide bonds. The van der Waals surface area contributed by atoms with Crippen molar-refractivity contribution in [2.24, 2.45) is 0 Å². The van der Waals surface area contributed by atoms with Crippen LogP contribution in [0.25, 0.3) is 6.08 Å². The first kappa shape index (κ1) is 16.7. The lowest BCUT2D eigenvalue weighted by Crippen LogP contribution is -2.40. The van der Waals surface area contributed by atoms with E-state index in [1.165, 1.54) is 36.4 Å². The van der Waals surface area contributed by atoms with Crippen LogP contribution < -0.4 is 0 Å². The summed E-state index contributed by atoms with van der Waals surface area (Å²) in [6.07, 6.45) is -3.13. The Morgan fingerprint density at radius 2 is 1.45 bits per heavy atom. The lowest BCUT2D eigenvalue weighted by molar-refractivity contribution is -0.244. The van der Waals surface area contributed by atoms with Crippen molar-refractivity contribution in [3.63, 3.8) is 0 Å². The standard InChI is InChI=1S/C16H11BrF4O/c17-13-5-3-12(4-6-13)15(22,16(19,20)21)10-9-11-1-7-14(18)8-2-11/h1-10,22H. The van der Waals surface area contributed by atoms with E-state index < -0.39 is 17.6 Å². The largest absolute Gasteiger partial charge is 0.425 e. The quantitative estimate of drug-likeness (QED) is 0.745. The maximum absolute atomic E-state index is 13.3. The Morgan fingerprint density at radius 3 is 1.95 bits per heavy atom. The molecule has 0 radical (unpaired) electrons. The number of hydrogen-bond donors (Lipinski definition) is 1. The Hall–Kier alpha value is -1.66. The zero-order valence-corrected chi connectivity index (χ0v) is 12.7.